The van der Waals surface area contributed by atoms with Gasteiger partial charge < -0.3 is 4.74 Å². The van der Waals surface area contributed by atoms with E-state index >= 15 is 0 Å². The Hall–Kier alpha value is -1.16. The molecule has 0 saturated carbocycles. The molecule has 2 saturated heterocycles. The van der Waals surface area contributed by atoms with Crippen LogP contribution in [0.5, 0.6) is 5.75 Å². The van der Waals surface area contributed by atoms with Crippen molar-refractivity contribution in [3.05, 3.63) is 17.2 Å². The van der Waals surface area contributed by atoms with Crippen LogP contribution in [-0.4, -0.2) is 40.1 Å². The van der Waals surface area contributed by atoms with E-state index in [2.05, 4.69) is 28.7 Å². The molecule has 2 bridgehead atoms. The fourth-order valence-corrected chi connectivity index (χ4v) is 3.44. The molecule has 2 atom stereocenters. The minimum Gasteiger partial charge on any atom is -0.482 e. The molecule has 3 heterocycles. The molecule has 20 heavy (non-hydrogen) atoms. The Morgan fingerprint density at radius 2 is 1.80 bits per heavy atom. The summed E-state index contributed by atoms with van der Waals surface area (Å²) in [4.78, 5) is 11.8. The zero-order valence-corrected chi connectivity index (χ0v) is 13.1. The van der Waals surface area contributed by atoms with E-state index in [1.165, 1.54) is 19.5 Å². The van der Waals surface area contributed by atoms with Gasteiger partial charge in [-0.2, -0.15) is 0 Å². The SMILES string of the molecule is Cc1nc(C(C)C)nc(C)c1OC12CCCN(CC1)C2. The zero-order valence-electron chi connectivity index (χ0n) is 13.1. The summed E-state index contributed by atoms with van der Waals surface area (Å²) in [7, 11) is 0. The van der Waals surface area contributed by atoms with Crippen LogP contribution in [-0.2, 0) is 0 Å². The predicted octanol–water partition coefficient (Wildman–Crippen LogP) is 2.83. The van der Waals surface area contributed by atoms with E-state index in [9.17, 15) is 0 Å². The highest BCUT2D eigenvalue weighted by Gasteiger charge is 2.43. The molecule has 0 N–H and O–H groups in total. The van der Waals surface area contributed by atoms with Gasteiger partial charge in [0, 0.05) is 25.4 Å². The Kier molecular flexibility index (Phi) is 3.44. The maximum atomic E-state index is 6.46. The standard InChI is InChI=1S/C16H25N3O/c1-11(2)15-17-12(3)14(13(4)18-15)20-16-6-5-8-19(10-16)9-7-16/h11H,5-10H2,1-4H3. The van der Waals surface area contributed by atoms with Crippen LogP contribution in [0.25, 0.3) is 0 Å². The summed E-state index contributed by atoms with van der Waals surface area (Å²) in [5.74, 6) is 2.19. The first-order valence-electron chi connectivity index (χ1n) is 7.76. The second-order valence-corrected chi connectivity index (χ2v) is 6.65. The molecule has 2 aliphatic heterocycles. The number of ether oxygens (including phenoxy) is 1. The molecular weight excluding hydrogens is 250 g/mol. The van der Waals surface area contributed by atoms with Crippen molar-refractivity contribution in [3.63, 3.8) is 0 Å². The summed E-state index contributed by atoms with van der Waals surface area (Å²) in [5, 5.41) is 0. The monoisotopic (exact) mass is 275 g/mol. The Labute approximate surface area is 121 Å². The summed E-state index contributed by atoms with van der Waals surface area (Å²) in [6.45, 7) is 11.8. The highest BCUT2D eigenvalue weighted by molar-refractivity contribution is 5.33. The number of piperidine rings is 1. The van der Waals surface area contributed by atoms with E-state index in [4.69, 9.17) is 4.74 Å². The largest absolute Gasteiger partial charge is 0.482 e. The molecule has 0 spiro atoms. The highest BCUT2D eigenvalue weighted by Crippen LogP contribution is 2.37. The smallest absolute Gasteiger partial charge is 0.162 e. The molecule has 2 aliphatic rings. The van der Waals surface area contributed by atoms with Gasteiger partial charge in [0.15, 0.2) is 5.75 Å². The van der Waals surface area contributed by atoms with Gasteiger partial charge in [-0.15, -0.1) is 0 Å². The molecule has 0 amide bonds. The molecular formula is C16H25N3O. The number of hydrogen-bond acceptors (Lipinski definition) is 4. The third kappa shape index (κ3) is 2.41. The molecule has 2 fully saturated rings. The zero-order chi connectivity index (χ0) is 14.3. The summed E-state index contributed by atoms with van der Waals surface area (Å²) in [6, 6.07) is 0. The lowest BCUT2D eigenvalue weighted by Crippen LogP contribution is -2.44. The lowest BCUT2D eigenvalue weighted by molar-refractivity contribution is 0.0430. The van der Waals surface area contributed by atoms with E-state index in [1.807, 2.05) is 13.8 Å². The van der Waals surface area contributed by atoms with Gasteiger partial charge >= 0.3 is 0 Å². The van der Waals surface area contributed by atoms with Crippen LogP contribution in [0.4, 0.5) is 0 Å². The van der Waals surface area contributed by atoms with Gasteiger partial charge in [0.1, 0.15) is 11.4 Å². The summed E-state index contributed by atoms with van der Waals surface area (Å²) < 4.78 is 6.46. The molecule has 0 radical (unpaired) electrons. The molecule has 3 rings (SSSR count). The summed E-state index contributed by atoms with van der Waals surface area (Å²) in [6.07, 6.45) is 3.54. The first-order valence-corrected chi connectivity index (χ1v) is 7.76. The number of aryl methyl sites for hydroxylation is 2. The van der Waals surface area contributed by atoms with Gasteiger partial charge in [0.05, 0.1) is 11.4 Å². The molecule has 1 aromatic heterocycles. The maximum absolute atomic E-state index is 6.46. The number of fused-ring (bicyclic) bond motifs is 2. The fourth-order valence-electron chi connectivity index (χ4n) is 3.44. The van der Waals surface area contributed by atoms with Crippen LogP contribution in [0, 0.1) is 13.8 Å². The Balaban J connectivity index is 1.87. The fraction of sp³-hybridized carbons (Fsp3) is 0.750. The van der Waals surface area contributed by atoms with E-state index < -0.39 is 0 Å². The normalized spacial score (nSPS) is 28.9. The molecule has 1 aromatic rings. The van der Waals surface area contributed by atoms with Crippen LogP contribution in [0.2, 0.25) is 0 Å². The molecule has 0 aromatic carbocycles. The van der Waals surface area contributed by atoms with Gasteiger partial charge in [-0.25, -0.2) is 9.97 Å². The average molecular weight is 275 g/mol. The van der Waals surface area contributed by atoms with Crippen molar-refractivity contribution in [2.75, 3.05) is 19.6 Å². The molecule has 0 aliphatic carbocycles. The van der Waals surface area contributed by atoms with Crippen molar-refractivity contribution in [2.24, 2.45) is 0 Å². The second kappa shape index (κ2) is 4.99. The van der Waals surface area contributed by atoms with Gasteiger partial charge in [0.2, 0.25) is 0 Å². The lowest BCUT2D eigenvalue weighted by atomic mass is 9.94. The Bertz CT molecular complexity index is 487. The van der Waals surface area contributed by atoms with Crippen molar-refractivity contribution in [3.8, 4) is 5.75 Å². The van der Waals surface area contributed by atoms with Gasteiger partial charge in [0.25, 0.3) is 0 Å². The molecule has 4 heteroatoms. The van der Waals surface area contributed by atoms with Gasteiger partial charge in [-0.3, -0.25) is 4.90 Å². The highest BCUT2D eigenvalue weighted by atomic mass is 16.5. The van der Waals surface area contributed by atoms with E-state index in [1.54, 1.807) is 0 Å². The number of hydrogen-bond donors (Lipinski definition) is 0. The minimum absolute atomic E-state index is 0.0104. The van der Waals surface area contributed by atoms with Gasteiger partial charge in [-0.1, -0.05) is 13.8 Å². The number of aromatic nitrogens is 2. The maximum Gasteiger partial charge on any atom is 0.162 e. The second-order valence-electron chi connectivity index (χ2n) is 6.65. The third-order valence-corrected chi connectivity index (χ3v) is 4.56. The Morgan fingerprint density at radius 1 is 1.10 bits per heavy atom. The van der Waals surface area contributed by atoms with Crippen LogP contribution < -0.4 is 4.74 Å². The first kappa shape index (κ1) is 13.8. The molecule has 2 unspecified atom stereocenters. The van der Waals surface area contributed by atoms with Crippen molar-refractivity contribution < 1.29 is 4.74 Å². The van der Waals surface area contributed by atoms with Crippen molar-refractivity contribution in [2.45, 2.75) is 58.5 Å². The lowest BCUT2D eigenvalue weighted by Gasteiger charge is -2.35. The van der Waals surface area contributed by atoms with Crippen molar-refractivity contribution in [1.29, 1.82) is 0 Å². The van der Waals surface area contributed by atoms with Crippen molar-refractivity contribution >= 4 is 0 Å². The topological polar surface area (TPSA) is 38.3 Å². The predicted molar refractivity (Wildman–Crippen MR) is 79.2 cm³/mol. The van der Waals surface area contributed by atoms with Crippen LogP contribution in [0.1, 0.15) is 56.2 Å². The summed E-state index contributed by atoms with van der Waals surface area (Å²) in [5.41, 5.74) is 1.98. The number of rotatable bonds is 3. The van der Waals surface area contributed by atoms with Gasteiger partial charge in [-0.05, 0) is 33.2 Å². The van der Waals surface area contributed by atoms with Crippen LogP contribution in [0.3, 0.4) is 0 Å². The minimum atomic E-state index is 0.0104. The van der Waals surface area contributed by atoms with E-state index in [-0.39, 0.29) is 5.60 Å². The van der Waals surface area contributed by atoms with E-state index in [0.717, 1.165) is 42.3 Å². The molecule has 4 nitrogen and oxygen atoms in total. The van der Waals surface area contributed by atoms with Crippen LogP contribution in [0.15, 0.2) is 0 Å². The van der Waals surface area contributed by atoms with Crippen molar-refractivity contribution in [1.82, 2.24) is 14.9 Å². The van der Waals surface area contributed by atoms with Crippen LogP contribution >= 0.6 is 0 Å². The Morgan fingerprint density at radius 3 is 2.45 bits per heavy atom. The third-order valence-electron chi connectivity index (χ3n) is 4.56. The first-order chi connectivity index (χ1) is 9.49. The summed E-state index contributed by atoms with van der Waals surface area (Å²) >= 11 is 0. The average Bonchev–Trinajstić information content (AvgIpc) is 2.69. The number of nitrogens with zero attached hydrogens (tertiary/aromatic N) is 3. The van der Waals surface area contributed by atoms with E-state index in [0.29, 0.717) is 5.92 Å². The quantitative estimate of drug-likeness (QED) is 0.850. The molecule has 110 valence electrons.